The maximum Gasteiger partial charge on any atom is 0.248 e. The molecule has 10 heteroatoms. The van der Waals surface area contributed by atoms with Gasteiger partial charge in [0.05, 0.1) is 28.4 Å². The van der Waals surface area contributed by atoms with E-state index in [0.717, 1.165) is 21.7 Å². The molecule has 3 N–H and O–H groups in total. The first-order chi connectivity index (χ1) is 16.7. The topological polar surface area (TPSA) is 121 Å². The van der Waals surface area contributed by atoms with Crippen molar-refractivity contribution in [1.82, 2.24) is 25.0 Å². The van der Waals surface area contributed by atoms with Gasteiger partial charge in [-0.3, -0.25) is 14.3 Å². The number of nitrogens with zero attached hydrogens (tertiary/aromatic N) is 4. The lowest BCUT2D eigenvalue weighted by molar-refractivity contribution is -0.142. The van der Waals surface area contributed by atoms with E-state index in [9.17, 15) is 19.8 Å². The number of nitrogens with one attached hydrogen (secondary N) is 1. The highest BCUT2D eigenvalue weighted by Crippen LogP contribution is 2.31. The van der Waals surface area contributed by atoms with Crippen LogP contribution >= 0.6 is 11.3 Å². The standard InChI is InChI=1S/C25H31N5O4S/c1-14(2)22(30-11-15(3)9-28-30)25(34)29-12-19(31)8-20(29)24(33)26-10-18-6-5-17(7-21(18)32)23-16(4)27-13-35-23/h5-7,9,11,13-14,19-20,22,31-32H,8,10,12H2,1-4H3,(H,26,33)/t19-,20+,22?/m1/s1. The second kappa shape index (κ2) is 10.2. The number of aromatic hydroxyl groups is 1. The maximum atomic E-state index is 13.5. The van der Waals surface area contributed by atoms with Gasteiger partial charge in [-0.1, -0.05) is 26.0 Å². The van der Waals surface area contributed by atoms with E-state index in [2.05, 4.69) is 15.4 Å². The van der Waals surface area contributed by atoms with Crippen molar-refractivity contribution in [3.05, 3.63) is 52.9 Å². The van der Waals surface area contributed by atoms with Crippen LogP contribution in [-0.4, -0.2) is 60.4 Å². The van der Waals surface area contributed by atoms with Gasteiger partial charge in [-0.2, -0.15) is 5.10 Å². The van der Waals surface area contributed by atoms with Gasteiger partial charge >= 0.3 is 0 Å². The summed E-state index contributed by atoms with van der Waals surface area (Å²) in [5, 5.41) is 28.0. The predicted molar refractivity (Wildman–Crippen MR) is 133 cm³/mol. The molecular formula is C25H31N5O4S. The Kier molecular flexibility index (Phi) is 7.23. The number of aromatic nitrogens is 3. The highest BCUT2D eigenvalue weighted by molar-refractivity contribution is 7.13. The number of amides is 2. The van der Waals surface area contributed by atoms with Crippen LogP contribution in [-0.2, 0) is 16.1 Å². The molecule has 3 heterocycles. The Morgan fingerprint density at radius 3 is 2.66 bits per heavy atom. The quantitative estimate of drug-likeness (QED) is 0.462. The highest BCUT2D eigenvalue weighted by Gasteiger charge is 2.42. The SMILES string of the molecule is Cc1cnn(C(C(=O)N2C[C@H](O)C[C@H]2C(=O)NCc2ccc(-c3scnc3C)cc2O)C(C)C)c1. The Morgan fingerprint density at radius 2 is 2.06 bits per heavy atom. The fourth-order valence-corrected chi connectivity index (χ4v) is 5.30. The van der Waals surface area contributed by atoms with Crippen LogP contribution in [0.1, 0.15) is 43.1 Å². The number of phenols is 1. The minimum absolute atomic E-state index is 0.0547. The number of aliphatic hydroxyl groups is 1. The Bertz CT molecular complexity index is 1220. The normalized spacial score (nSPS) is 18.7. The van der Waals surface area contributed by atoms with Crippen LogP contribution in [0, 0.1) is 19.8 Å². The van der Waals surface area contributed by atoms with Crippen molar-refractivity contribution >= 4 is 23.2 Å². The van der Waals surface area contributed by atoms with E-state index in [1.54, 1.807) is 28.5 Å². The molecule has 3 atom stereocenters. The van der Waals surface area contributed by atoms with Crippen molar-refractivity contribution in [1.29, 1.82) is 0 Å². The van der Waals surface area contributed by atoms with Crippen molar-refractivity contribution in [2.75, 3.05) is 6.54 Å². The lowest BCUT2D eigenvalue weighted by atomic mass is 10.0. The first-order valence-corrected chi connectivity index (χ1v) is 12.5. The average molecular weight is 498 g/mol. The summed E-state index contributed by atoms with van der Waals surface area (Å²) in [4.78, 5) is 33.3. The molecule has 0 radical (unpaired) electrons. The van der Waals surface area contributed by atoms with Gasteiger partial charge in [-0.25, -0.2) is 4.98 Å². The Balaban J connectivity index is 1.46. The number of rotatable bonds is 7. The van der Waals surface area contributed by atoms with E-state index in [-0.39, 0.29) is 43.0 Å². The number of aryl methyl sites for hydroxylation is 2. The molecule has 1 aromatic carbocycles. The van der Waals surface area contributed by atoms with Crippen LogP contribution in [0.25, 0.3) is 10.4 Å². The summed E-state index contributed by atoms with van der Waals surface area (Å²) in [6.45, 7) is 7.88. The van der Waals surface area contributed by atoms with Crippen molar-refractivity contribution in [2.45, 2.75) is 58.8 Å². The predicted octanol–water partition coefficient (Wildman–Crippen LogP) is 2.80. The van der Waals surface area contributed by atoms with Crippen LogP contribution in [0.2, 0.25) is 0 Å². The molecule has 1 unspecified atom stereocenters. The summed E-state index contributed by atoms with van der Waals surface area (Å²) in [5.74, 6) is -0.590. The van der Waals surface area contributed by atoms with E-state index in [1.165, 1.54) is 16.2 Å². The number of aliphatic hydroxyl groups excluding tert-OH is 1. The smallest absolute Gasteiger partial charge is 0.248 e. The summed E-state index contributed by atoms with van der Waals surface area (Å²) in [6.07, 6.45) is 2.89. The summed E-state index contributed by atoms with van der Waals surface area (Å²) < 4.78 is 1.63. The number of hydrogen-bond donors (Lipinski definition) is 3. The van der Waals surface area contributed by atoms with Crippen LogP contribution < -0.4 is 5.32 Å². The van der Waals surface area contributed by atoms with E-state index in [0.29, 0.717) is 5.56 Å². The van der Waals surface area contributed by atoms with Crippen LogP contribution in [0.3, 0.4) is 0 Å². The number of hydrogen-bond acceptors (Lipinski definition) is 7. The van der Waals surface area contributed by atoms with E-state index < -0.39 is 18.2 Å². The van der Waals surface area contributed by atoms with Crippen LogP contribution in [0.15, 0.2) is 36.1 Å². The third kappa shape index (κ3) is 5.23. The second-order valence-corrected chi connectivity index (χ2v) is 10.3. The molecule has 0 bridgehead atoms. The van der Waals surface area contributed by atoms with Gasteiger partial charge in [0.25, 0.3) is 0 Å². The summed E-state index contributed by atoms with van der Waals surface area (Å²) >= 11 is 1.50. The molecule has 0 aliphatic carbocycles. The number of β-amino-alcohol motifs (C(OH)–C–C–N with tert-alkyl or cyclic N) is 1. The molecule has 1 aliphatic heterocycles. The second-order valence-electron chi connectivity index (χ2n) is 9.41. The van der Waals surface area contributed by atoms with Gasteiger partial charge in [-0.05, 0) is 37.0 Å². The summed E-state index contributed by atoms with van der Waals surface area (Å²) in [6, 6.07) is 3.95. The third-order valence-corrected chi connectivity index (χ3v) is 7.29. The average Bonchev–Trinajstić information content (AvgIpc) is 3.52. The van der Waals surface area contributed by atoms with E-state index >= 15 is 0 Å². The van der Waals surface area contributed by atoms with Gasteiger partial charge in [0.1, 0.15) is 17.8 Å². The number of thiazole rings is 1. The fourth-order valence-electron chi connectivity index (χ4n) is 4.50. The van der Waals surface area contributed by atoms with Crippen molar-refractivity contribution < 1.29 is 19.8 Å². The lowest BCUT2D eigenvalue weighted by Gasteiger charge is -2.30. The molecule has 1 fully saturated rings. The number of likely N-dealkylation sites (tertiary alicyclic amines) is 1. The first-order valence-electron chi connectivity index (χ1n) is 11.6. The molecule has 0 spiro atoms. The molecule has 9 nitrogen and oxygen atoms in total. The van der Waals surface area contributed by atoms with E-state index in [4.69, 9.17) is 0 Å². The van der Waals surface area contributed by atoms with Crippen molar-refractivity contribution in [3.8, 4) is 16.2 Å². The molecular weight excluding hydrogens is 466 g/mol. The molecule has 0 saturated carbocycles. The zero-order valence-corrected chi connectivity index (χ0v) is 21.1. The van der Waals surface area contributed by atoms with E-state index in [1.807, 2.05) is 40.0 Å². The summed E-state index contributed by atoms with van der Waals surface area (Å²) in [5.41, 5.74) is 5.02. The molecule has 3 aromatic rings. The molecule has 1 aliphatic rings. The minimum Gasteiger partial charge on any atom is -0.508 e. The van der Waals surface area contributed by atoms with Crippen molar-refractivity contribution in [2.24, 2.45) is 5.92 Å². The van der Waals surface area contributed by atoms with Gasteiger partial charge in [0, 0.05) is 31.3 Å². The molecule has 1 saturated heterocycles. The maximum absolute atomic E-state index is 13.5. The fraction of sp³-hybridized carbons (Fsp3) is 0.440. The zero-order valence-electron chi connectivity index (χ0n) is 20.3. The largest absolute Gasteiger partial charge is 0.508 e. The highest BCUT2D eigenvalue weighted by atomic mass is 32.1. The number of phenolic OH excluding ortho intramolecular Hbond substituents is 1. The molecule has 4 rings (SSSR count). The van der Waals surface area contributed by atoms with Gasteiger partial charge in [-0.15, -0.1) is 11.3 Å². The lowest BCUT2D eigenvalue weighted by Crippen LogP contribution is -2.49. The van der Waals surface area contributed by atoms with Gasteiger partial charge < -0.3 is 20.4 Å². The number of carbonyl (C=O) groups is 2. The molecule has 2 amide bonds. The van der Waals surface area contributed by atoms with Crippen LogP contribution in [0.5, 0.6) is 5.75 Å². The first kappa shape index (κ1) is 24.9. The van der Waals surface area contributed by atoms with Gasteiger partial charge in [0.15, 0.2) is 0 Å². The Morgan fingerprint density at radius 1 is 1.29 bits per heavy atom. The molecule has 186 valence electrons. The Hall–Kier alpha value is -3.24. The van der Waals surface area contributed by atoms with Crippen molar-refractivity contribution in [3.63, 3.8) is 0 Å². The third-order valence-electron chi connectivity index (χ3n) is 6.31. The Labute approximate surface area is 208 Å². The van der Waals surface area contributed by atoms with Crippen LogP contribution in [0.4, 0.5) is 0 Å². The molecule has 2 aromatic heterocycles. The molecule has 35 heavy (non-hydrogen) atoms. The minimum atomic E-state index is -0.795. The zero-order chi connectivity index (χ0) is 25.3. The number of benzene rings is 1. The number of carbonyl (C=O) groups excluding carboxylic acids is 2. The summed E-state index contributed by atoms with van der Waals surface area (Å²) in [7, 11) is 0. The van der Waals surface area contributed by atoms with Gasteiger partial charge in [0.2, 0.25) is 11.8 Å². The monoisotopic (exact) mass is 497 g/mol.